The first-order valence-electron chi connectivity index (χ1n) is 9.87. The molecule has 1 aromatic rings. The highest BCUT2D eigenvalue weighted by Crippen LogP contribution is 2.36. The Morgan fingerprint density at radius 2 is 1.54 bits per heavy atom. The average Bonchev–Trinajstić information content (AvgIpc) is 3.35. The van der Waals surface area contributed by atoms with Crippen molar-refractivity contribution in [1.82, 2.24) is 14.4 Å². The third-order valence-electron chi connectivity index (χ3n) is 6.70. The van der Waals surface area contributed by atoms with Crippen molar-refractivity contribution in [3.05, 3.63) is 24.5 Å². The summed E-state index contributed by atoms with van der Waals surface area (Å²) in [6.07, 6.45) is 13.7. The summed E-state index contributed by atoms with van der Waals surface area (Å²) in [5, 5.41) is 0. The van der Waals surface area contributed by atoms with Crippen molar-refractivity contribution in [2.45, 2.75) is 69.5 Å². The van der Waals surface area contributed by atoms with Crippen LogP contribution in [0.4, 0.5) is 0 Å². The van der Waals surface area contributed by atoms with Crippen LogP contribution in [0, 0.1) is 5.92 Å². The molecule has 24 heavy (non-hydrogen) atoms. The van der Waals surface area contributed by atoms with Gasteiger partial charge in [-0.15, -0.1) is 0 Å². The molecular formula is C20H31N3O. The predicted octanol–water partition coefficient (Wildman–Crippen LogP) is 3.30. The molecule has 0 aromatic carbocycles. The lowest BCUT2D eigenvalue weighted by Gasteiger charge is -2.37. The molecule has 3 fully saturated rings. The number of carbonyl (C=O) groups excluding carboxylic acids is 1. The number of likely N-dealkylation sites (tertiary alicyclic amines) is 2. The van der Waals surface area contributed by atoms with Crippen molar-refractivity contribution in [3.63, 3.8) is 0 Å². The first kappa shape index (κ1) is 16.2. The molecule has 1 saturated carbocycles. The molecule has 4 rings (SSSR count). The van der Waals surface area contributed by atoms with E-state index in [4.69, 9.17) is 0 Å². The van der Waals surface area contributed by atoms with Gasteiger partial charge >= 0.3 is 0 Å². The van der Waals surface area contributed by atoms with E-state index < -0.39 is 0 Å². The van der Waals surface area contributed by atoms with Crippen LogP contribution in [0.15, 0.2) is 24.5 Å². The van der Waals surface area contributed by atoms with Crippen LogP contribution in [-0.4, -0.2) is 52.5 Å². The Bertz CT molecular complexity index is 547. The van der Waals surface area contributed by atoms with Gasteiger partial charge in [-0.1, -0.05) is 0 Å². The second-order valence-corrected chi connectivity index (χ2v) is 8.07. The fraction of sp³-hybridized carbons (Fsp3) is 0.750. The molecule has 0 radical (unpaired) electrons. The van der Waals surface area contributed by atoms with Crippen LogP contribution in [-0.2, 0) is 4.79 Å². The number of hydrogen-bond acceptors (Lipinski definition) is 2. The van der Waals surface area contributed by atoms with Crippen LogP contribution in [0.25, 0.3) is 0 Å². The van der Waals surface area contributed by atoms with Gasteiger partial charge in [-0.3, -0.25) is 4.79 Å². The van der Waals surface area contributed by atoms with Crippen LogP contribution in [0.1, 0.15) is 57.4 Å². The number of aromatic nitrogens is 1. The molecule has 132 valence electrons. The maximum Gasteiger partial charge on any atom is 0.225 e. The van der Waals surface area contributed by atoms with Crippen molar-refractivity contribution in [1.29, 1.82) is 0 Å². The molecule has 4 heteroatoms. The highest BCUT2D eigenvalue weighted by molar-refractivity contribution is 5.79. The van der Waals surface area contributed by atoms with Crippen LogP contribution >= 0.6 is 0 Å². The maximum absolute atomic E-state index is 13.2. The Balaban J connectivity index is 1.37. The summed E-state index contributed by atoms with van der Waals surface area (Å²) >= 11 is 0. The summed E-state index contributed by atoms with van der Waals surface area (Å²) in [5.41, 5.74) is 0. The minimum absolute atomic E-state index is 0.268. The summed E-state index contributed by atoms with van der Waals surface area (Å²) < 4.78 is 2.33. The van der Waals surface area contributed by atoms with Gasteiger partial charge in [0.25, 0.3) is 0 Å². The lowest BCUT2D eigenvalue weighted by molar-refractivity contribution is -0.138. The summed E-state index contributed by atoms with van der Waals surface area (Å²) in [5.74, 6) is 0.730. The Labute approximate surface area is 145 Å². The van der Waals surface area contributed by atoms with Crippen molar-refractivity contribution in [2.24, 2.45) is 5.92 Å². The smallest absolute Gasteiger partial charge is 0.225 e. The minimum Gasteiger partial charge on any atom is -0.351 e. The second-order valence-electron chi connectivity index (χ2n) is 8.07. The van der Waals surface area contributed by atoms with Gasteiger partial charge in [0, 0.05) is 43.0 Å². The molecule has 2 atom stereocenters. The molecule has 0 spiro atoms. The SMILES string of the molecule is CN1CCC[C@H]1[C@H]1CCCN1C(=O)C1CCC(n2cccc2)CC1. The molecular weight excluding hydrogens is 298 g/mol. The third kappa shape index (κ3) is 3.01. The Kier molecular flexibility index (Phi) is 4.66. The van der Waals surface area contributed by atoms with E-state index in [9.17, 15) is 4.79 Å². The molecule has 4 nitrogen and oxygen atoms in total. The fourth-order valence-electron chi connectivity index (χ4n) is 5.34. The van der Waals surface area contributed by atoms with E-state index >= 15 is 0 Å². The average molecular weight is 329 g/mol. The van der Waals surface area contributed by atoms with Crippen LogP contribution < -0.4 is 0 Å². The number of nitrogens with zero attached hydrogens (tertiary/aromatic N) is 3. The first-order chi connectivity index (χ1) is 11.7. The van der Waals surface area contributed by atoms with E-state index in [1.54, 1.807) is 0 Å². The zero-order valence-corrected chi connectivity index (χ0v) is 14.9. The lowest BCUT2D eigenvalue weighted by atomic mass is 9.84. The zero-order valence-electron chi connectivity index (χ0n) is 14.9. The van der Waals surface area contributed by atoms with Gasteiger partial charge in [0.2, 0.25) is 5.91 Å². The fourth-order valence-corrected chi connectivity index (χ4v) is 5.34. The third-order valence-corrected chi connectivity index (χ3v) is 6.70. The first-order valence-corrected chi connectivity index (χ1v) is 9.87. The van der Waals surface area contributed by atoms with Gasteiger partial charge < -0.3 is 14.4 Å². The second kappa shape index (κ2) is 6.91. The maximum atomic E-state index is 13.2. The normalized spacial score (nSPS) is 34.8. The van der Waals surface area contributed by atoms with Gasteiger partial charge in [-0.2, -0.15) is 0 Å². The van der Waals surface area contributed by atoms with Crippen molar-refractivity contribution in [3.8, 4) is 0 Å². The standard InChI is InChI=1S/C20H31N3O/c1-21-12-4-6-18(21)19-7-5-15-23(19)20(24)16-8-10-17(11-9-16)22-13-2-3-14-22/h2-3,13-14,16-19H,4-12,15H2,1H3/t16?,17?,18-,19+/m0/s1. The monoisotopic (exact) mass is 329 g/mol. The summed E-state index contributed by atoms with van der Waals surface area (Å²) in [6.45, 7) is 2.19. The molecule has 3 aliphatic rings. The number of hydrogen-bond donors (Lipinski definition) is 0. The predicted molar refractivity (Wildman–Crippen MR) is 95.8 cm³/mol. The van der Waals surface area contributed by atoms with Gasteiger partial charge in [-0.25, -0.2) is 0 Å². The van der Waals surface area contributed by atoms with Crippen LogP contribution in [0.2, 0.25) is 0 Å². The van der Waals surface area contributed by atoms with Crippen LogP contribution in [0.5, 0.6) is 0 Å². The molecule has 1 aliphatic carbocycles. The molecule has 3 heterocycles. The quantitative estimate of drug-likeness (QED) is 0.851. The van der Waals surface area contributed by atoms with E-state index in [1.807, 2.05) is 0 Å². The highest BCUT2D eigenvalue weighted by atomic mass is 16.2. The van der Waals surface area contributed by atoms with Crippen molar-refractivity contribution >= 4 is 5.91 Å². The largest absolute Gasteiger partial charge is 0.351 e. The molecule has 2 aliphatic heterocycles. The zero-order chi connectivity index (χ0) is 16.5. The number of carbonyl (C=O) groups is 1. The van der Waals surface area contributed by atoms with E-state index in [1.165, 1.54) is 32.2 Å². The van der Waals surface area contributed by atoms with Gasteiger partial charge in [0.1, 0.15) is 0 Å². The summed E-state index contributed by atoms with van der Waals surface area (Å²) in [4.78, 5) is 17.9. The number of rotatable bonds is 3. The number of amides is 1. The van der Waals surface area contributed by atoms with Crippen LogP contribution in [0.3, 0.4) is 0 Å². The number of likely N-dealkylation sites (N-methyl/N-ethyl adjacent to an activating group) is 1. The molecule has 0 N–H and O–H groups in total. The van der Waals surface area contributed by atoms with E-state index in [0.29, 0.717) is 24.0 Å². The Morgan fingerprint density at radius 1 is 0.875 bits per heavy atom. The van der Waals surface area contributed by atoms with E-state index in [-0.39, 0.29) is 5.92 Å². The van der Waals surface area contributed by atoms with E-state index in [2.05, 4.69) is 45.9 Å². The van der Waals surface area contributed by atoms with Gasteiger partial charge in [0.15, 0.2) is 0 Å². The van der Waals surface area contributed by atoms with Crippen molar-refractivity contribution in [2.75, 3.05) is 20.1 Å². The topological polar surface area (TPSA) is 28.5 Å². The Hall–Kier alpha value is -1.29. The van der Waals surface area contributed by atoms with E-state index in [0.717, 1.165) is 32.2 Å². The minimum atomic E-state index is 0.268. The lowest BCUT2D eigenvalue weighted by Crippen LogP contribution is -2.49. The molecule has 2 saturated heterocycles. The summed E-state index contributed by atoms with van der Waals surface area (Å²) in [7, 11) is 2.24. The van der Waals surface area contributed by atoms with Crippen molar-refractivity contribution < 1.29 is 4.79 Å². The molecule has 0 unspecified atom stereocenters. The Morgan fingerprint density at radius 3 is 2.21 bits per heavy atom. The molecule has 1 amide bonds. The molecule has 1 aromatic heterocycles. The summed E-state index contributed by atoms with van der Waals surface area (Å²) in [6, 6.07) is 5.88. The van der Waals surface area contributed by atoms with Gasteiger partial charge in [-0.05, 0) is 77.1 Å². The van der Waals surface area contributed by atoms with Gasteiger partial charge in [0.05, 0.1) is 0 Å². The molecule has 0 bridgehead atoms. The highest BCUT2D eigenvalue weighted by Gasteiger charge is 2.40.